The summed E-state index contributed by atoms with van der Waals surface area (Å²) in [6.45, 7) is 0. The summed E-state index contributed by atoms with van der Waals surface area (Å²) in [6, 6.07) is 14.4. The standard InChI is InChI=1S/C24H20F2N4O5S2/c25-15-4-3-5-16(12-15)36(32,33)29-21(24-27-19-6-1-2-7-20(19)28-24)11-14-8-9-17(18(26)10-14)22-13-23(31)30-37(22,34)35/h1-10,12,21-22,29H,11,13H2,(H,27,28)(H,30,31)/t21-,22?/m0/s1. The van der Waals surface area contributed by atoms with Crippen molar-refractivity contribution in [2.75, 3.05) is 0 Å². The van der Waals surface area contributed by atoms with Crippen molar-refractivity contribution in [2.24, 2.45) is 0 Å². The molecule has 5 rings (SSSR count). The van der Waals surface area contributed by atoms with Crippen LogP contribution in [0.3, 0.4) is 0 Å². The molecule has 2 heterocycles. The molecule has 9 nitrogen and oxygen atoms in total. The molecule has 0 aliphatic carbocycles. The topological polar surface area (TPSA) is 138 Å². The van der Waals surface area contributed by atoms with Crippen LogP contribution in [-0.2, 0) is 31.3 Å². The first-order chi connectivity index (χ1) is 17.5. The number of imidazole rings is 1. The number of benzene rings is 3. The number of hydrogen-bond acceptors (Lipinski definition) is 6. The third-order valence-electron chi connectivity index (χ3n) is 5.99. The lowest BCUT2D eigenvalue weighted by Gasteiger charge is -2.18. The van der Waals surface area contributed by atoms with E-state index in [0.29, 0.717) is 16.6 Å². The Hall–Kier alpha value is -3.68. The van der Waals surface area contributed by atoms with Crippen molar-refractivity contribution >= 4 is 37.0 Å². The molecule has 37 heavy (non-hydrogen) atoms. The number of H-pyrrole nitrogens is 1. The molecule has 0 radical (unpaired) electrons. The first kappa shape index (κ1) is 25.0. The molecule has 1 aliphatic heterocycles. The summed E-state index contributed by atoms with van der Waals surface area (Å²) in [7, 11) is -8.25. The Labute approximate surface area is 211 Å². The Kier molecular flexibility index (Phi) is 6.30. The number of rotatable bonds is 7. The van der Waals surface area contributed by atoms with Crippen molar-refractivity contribution in [3.8, 4) is 0 Å². The van der Waals surface area contributed by atoms with Crippen LogP contribution in [0.15, 0.2) is 71.6 Å². The summed E-state index contributed by atoms with van der Waals surface area (Å²) in [5.74, 6) is -2.04. The Morgan fingerprint density at radius 2 is 1.84 bits per heavy atom. The molecule has 13 heteroatoms. The van der Waals surface area contributed by atoms with E-state index in [4.69, 9.17) is 0 Å². The van der Waals surface area contributed by atoms with E-state index in [1.807, 2.05) is 4.72 Å². The minimum Gasteiger partial charge on any atom is -0.341 e. The number of amides is 1. The van der Waals surface area contributed by atoms with E-state index in [9.17, 15) is 26.0 Å². The van der Waals surface area contributed by atoms with E-state index in [2.05, 4.69) is 14.7 Å². The van der Waals surface area contributed by atoms with Crippen molar-refractivity contribution < 1.29 is 30.4 Å². The number of nitrogens with zero attached hydrogens (tertiary/aromatic N) is 1. The molecule has 1 aliphatic rings. The van der Waals surface area contributed by atoms with Crippen molar-refractivity contribution in [1.82, 2.24) is 19.4 Å². The molecule has 1 amide bonds. The van der Waals surface area contributed by atoms with Crippen LogP contribution in [-0.4, -0.2) is 32.7 Å². The molecule has 192 valence electrons. The van der Waals surface area contributed by atoms with Gasteiger partial charge < -0.3 is 4.98 Å². The number of para-hydroxylation sites is 2. The highest BCUT2D eigenvalue weighted by Gasteiger charge is 2.39. The lowest BCUT2D eigenvalue weighted by Crippen LogP contribution is -2.31. The molecule has 1 aromatic heterocycles. The second-order valence-corrected chi connectivity index (χ2v) is 12.2. The molecule has 2 atom stereocenters. The van der Waals surface area contributed by atoms with Gasteiger partial charge in [-0.2, -0.15) is 0 Å². The van der Waals surface area contributed by atoms with Gasteiger partial charge in [-0.1, -0.05) is 30.3 Å². The van der Waals surface area contributed by atoms with Crippen LogP contribution >= 0.6 is 0 Å². The quantitative estimate of drug-likeness (QED) is 0.326. The van der Waals surface area contributed by atoms with Gasteiger partial charge in [0.2, 0.25) is 26.0 Å². The molecule has 1 saturated heterocycles. The molecule has 3 aromatic carbocycles. The highest BCUT2D eigenvalue weighted by Crippen LogP contribution is 2.33. The van der Waals surface area contributed by atoms with Gasteiger partial charge in [-0.25, -0.2) is 35.3 Å². The van der Waals surface area contributed by atoms with E-state index in [1.165, 1.54) is 24.3 Å². The number of fused-ring (bicyclic) bond motifs is 1. The predicted molar refractivity (Wildman–Crippen MR) is 130 cm³/mol. The Morgan fingerprint density at radius 1 is 1.05 bits per heavy atom. The third kappa shape index (κ3) is 5.10. The van der Waals surface area contributed by atoms with Crippen LogP contribution in [0.4, 0.5) is 8.78 Å². The van der Waals surface area contributed by atoms with E-state index < -0.39 is 55.3 Å². The Balaban J connectivity index is 1.50. The fraction of sp³-hybridized carbons (Fsp3) is 0.167. The largest absolute Gasteiger partial charge is 0.341 e. The highest BCUT2D eigenvalue weighted by atomic mass is 32.2. The second-order valence-electron chi connectivity index (χ2n) is 8.59. The van der Waals surface area contributed by atoms with Crippen LogP contribution < -0.4 is 9.44 Å². The van der Waals surface area contributed by atoms with Crippen LogP contribution in [0.25, 0.3) is 11.0 Å². The maximum Gasteiger partial charge on any atom is 0.242 e. The first-order valence-corrected chi connectivity index (χ1v) is 14.1. The normalized spacial score (nSPS) is 18.1. The molecule has 0 bridgehead atoms. The van der Waals surface area contributed by atoms with E-state index in [-0.39, 0.29) is 22.7 Å². The number of carbonyl (C=O) groups excluding carboxylic acids is 1. The minimum absolute atomic E-state index is 0.0693. The molecule has 1 fully saturated rings. The fourth-order valence-electron chi connectivity index (χ4n) is 4.24. The summed E-state index contributed by atoms with van der Waals surface area (Å²) in [4.78, 5) is 18.8. The molecule has 0 saturated carbocycles. The lowest BCUT2D eigenvalue weighted by molar-refractivity contribution is -0.118. The summed E-state index contributed by atoms with van der Waals surface area (Å²) < 4.78 is 83.6. The number of hydrogen-bond donors (Lipinski definition) is 3. The fourth-order valence-corrected chi connectivity index (χ4v) is 6.91. The van der Waals surface area contributed by atoms with Gasteiger partial charge in [0.25, 0.3) is 0 Å². The SMILES string of the molecule is O=C1CC(c2ccc(C[C@H](NS(=O)(=O)c3cccc(F)c3)c3nc4ccccc4[nH]3)cc2F)S(=O)(=O)N1. The van der Waals surface area contributed by atoms with Gasteiger partial charge in [-0.05, 0) is 48.4 Å². The second kappa shape index (κ2) is 9.32. The third-order valence-corrected chi connectivity index (χ3v) is 9.15. The molecular formula is C24H20F2N4O5S2. The van der Waals surface area contributed by atoms with E-state index in [0.717, 1.165) is 18.2 Å². The van der Waals surface area contributed by atoms with E-state index >= 15 is 4.39 Å². The zero-order chi connectivity index (χ0) is 26.4. The van der Waals surface area contributed by atoms with Gasteiger partial charge in [0.05, 0.1) is 28.4 Å². The minimum atomic E-state index is -4.21. The zero-order valence-corrected chi connectivity index (χ0v) is 20.6. The smallest absolute Gasteiger partial charge is 0.242 e. The number of aromatic amines is 1. The first-order valence-electron chi connectivity index (χ1n) is 11.1. The Bertz CT molecular complexity index is 1710. The van der Waals surface area contributed by atoms with Crippen LogP contribution in [0, 0.1) is 11.6 Å². The molecule has 3 N–H and O–H groups in total. The highest BCUT2D eigenvalue weighted by molar-refractivity contribution is 7.90. The van der Waals surface area contributed by atoms with E-state index in [1.54, 1.807) is 24.3 Å². The van der Waals surface area contributed by atoms with Gasteiger partial charge in [0.1, 0.15) is 22.7 Å². The summed E-state index contributed by atoms with van der Waals surface area (Å²) in [6.07, 6.45) is -0.464. The maximum atomic E-state index is 15.0. The van der Waals surface area contributed by atoms with Crippen LogP contribution in [0.2, 0.25) is 0 Å². The molecule has 0 spiro atoms. The van der Waals surface area contributed by atoms with Gasteiger partial charge in [0.15, 0.2) is 0 Å². The van der Waals surface area contributed by atoms with Crippen molar-refractivity contribution in [1.29, 1.82) is 0 Å². The maximum absolute atomic E-state index is 15.0. The van der Waals surface area contributed by atoms with Crippen molar-refractivity contribution in [2.45, 2.75) is 29.0 Å². The van der Waals surface area contributed by atoms with Gasteiger partial charge in [-0.3, -0.25) is 9.52 Å². The number of carbonyl (C=O) groups is 1. The molecular weight excluding hydrogens is 526 g/mol. The number of nitrogens with one attached hydrogen (secondary N) is 3. The van der Waals surface area contributed by atoms with Crippen LogP contribution in [0.1, 0.15) is 34.7 Å². The number of halogens is 2. The zero-order valence-electron chi connectivity index (χ0n) is 19.0. The number of aromatic nitrogens is 2. The average Bonchev–Trinajstić information content (AvgIpc) is 3.38. The van der Waals surface area contributed by atoms with Gasteiger partial charge in [-0.15, -0.1) is 0 Å². The summed E-state index contributed by atoms with van der Waals surface area (Å²) in [5, 5.41) is -1.35. The van der Waals surface area contributed by atoms with Gasteiger partial charge in [0, 0.05) is 5.56 Å². The summed E-state index contributed by atoms with van der Waals surface area (Å²) in [5.41, 5.74) is 1.40. The number of sulfonamides is 2. The van der Waals surface area contributed by atoms with Gasteiger partial charge >= 0.3 is 0 Å². The summed E-state index contributed by atoms with van der Waals surface area (Å²) >= 11 is 0. The van der Waals surface area contributed by atoms with Crippen LogP contribution in [0.5, 0.6) is 0 Å². The van der Waals surface area contributed by atoms with Crippen molar-refractivity contribution in [3.63, 3.8) is 0 Å². The molecule has 1 unspecified atom stereocenters. The lowest BCUT2D eigenvalue weighted by atomic mass is 10.0. The Morgan fingerprint density at radius 3 is 2.51 bits per heavy atom. The average molecular weight is 547 g/mol. The monoisotopic (exact) mass is 546 g/mol. The molecule has 4 aromatic rings. The van der Waals surface area contributed by atoms with Crippen molar-refractivity contribution in [3.05, 3.63) is 95.3 Å². The predicted octanol–water partition coefficient (Wildman–Crippen LogP) is 2.99.